The first kappa shape index (κ1) is 19.2. The first-order chi connectivity index (χ1) is 14.1. The average molecular weight is 415 g/mol. The maximum atomic E-state index is 12.9. The van der Waals surface area contributed by atoms with Crippen molar-refractivity contribution in [2.45, 2.75) is 30.5 Å². The molecule has 1 fully saturated rings. The maximum Gasteiger partial charge on any atom is 0.269 e. The Balaban J connectivity index is 1.33. The summed E-state index contributed by atoms with van der Waals surface area (Å²) in [6, 6.07) is 8.72. The highest BCUT2D eigenvalue weighted by molar-refractivity contribution is 7.99. The molecule has 2 heterocycles. The molecule has 0 bridgehead atoms. The summed E-state index contributed by atoms with van der Waals surface area (Å²) in [5, 5.41) is 9.10. The van der Waals surface area contributed by atoms with Crippen LogP contribution in [0.3, 0.4) is 0 Å². The molecule has 29 heavy (non-hydrogen) atoms. The van der Waals surface area contributed by atoms with Gasteiger partial charge in [-0.25, -0.2) is 4.39 Å². The van der Waals surface area contributed by atoms with Crippen LogP contribution in [0.5, 0.6) is 0 Å². The quantitative estimate of drug-likeness (QED) is 0.454. The Labute approximate surface area is 169 Å². The van der Waals surface area contributed by atoms with Gasteiger partial charge in [0, 0.05) is 11.5 Å². The lowest BCUT2D eigenvalue weighted by molar-refractivity contribution is -0.119. The molecule has 1 aliphatic rings. The van der Waals surface area contributed by atoms with Crippen molar-refractivity contribution in [1.82, 2.24) is 25.6 Å². The summed E-state index contributed by atoms with van der Waals surface area (Å²) < 4.78 is 20.3. The van der Waals surface area contributed by atoms with Crippen molar-refractivity contribution in [2.75, 3.05) is 5.75 Å². The number of aromatic nitrogens is 3. The van der Waals surface area contributed by atoms with E-state index in [0.29, 0.717) is 17.6 Å². The van der Waals surface area contributed by atoms with Gasteiger partial charge in [0.25, 0.3) is 5.91 Å². The Kier molecular flexibility index (Phi) is 5.61. The van der Waals surface area contributed by atoms with E-state index >= 15 is 0 Å². The number of hydrogen-bond acceptors (Lipinski definition) is 6. The standard InChI is InChI=1S/C19H18FN5O3S/c20-14-7-5-13(6-8-14)18(27)23-21-16(26)11-29-19-24-22-17(12-3-4-12)25(19)10-15-2-1-9-28-15/h1-2,5-9,12H,3-4,10-11H2,(H,21,26)(H,23,27). The van der Waals surface area contributed by atoms with Gasteiger partial charge >= 0.3 is 0 Å². The van der Waals surface area contributed by atoms with E-state index in [1.165, 1.54) is 36.0 Å². The summed E-state index contributed by atoms with van der Waals surface area (Å²) in [6.45, 7) is 0.497. The van der Waals surface area contributed by atoms with E-state index in [2.05, 4.69) is 21.0 Å². The lowest BCUT2D eigenvalue weighted by atomic mass is 10.2. The van der Waals surface area contributed by atoms with Crippen LogP contribution in [-0.4, -0.2) is 32.3 Å². The van der Waals surface area contributed by atoms with Crippen molar-refractivity contribution in [3.63, 3.8) is 0 Å². The highest BCUT2D eigenvalue weighted by atomic mass is 32.2. The predicted octanol–water partition coefficient (Wildman–Crippen LogP) is 2.49. The van der Waals surface area contributed by atoms with E-state index in [1.54, 1.807) is 6.26 Å². The molecule has 0 atom stereocenters. The number of rotatable bonds is 7. The third kappa shape index (κ3) is 4.83. The fourth-order valence-corrected chi connectivity index (χ4v) is 3.47. The van der Waals surface area contributed by atoms with Crippen molar-refractivity contribution in [1.29, 1.82) is 0 Å². The van der Waals surface area contributed by atoms with Crippen LogP contribution in [0.1, 0.15) is 40.7 Å². The number of halogens is 1. The van der Waals surface area contributed by atoms with Gasteiger partial charge in [0.2, 0.25) is 5.91 Å². The summed E-state index contributed by atoms with van der Waals surface area (Å²) in [5.41, 5.74) is 4.89. The Morgan fingerprint density at radius 3 is 2.66 bits per heavy atom. The highest BCUT2D eigenvalue weighted by Crippen LogP contribution is 2.40. The molecule has 0 unspecified atom stereocenters. The van der Waals surface area contributed by atoms with Gasteiger partial charge in [0.05, 0.1) is 18.6 Å². The van der Waals surface area contributed by atoms with E-state index in [0.717, 1.165) is 24.4 Å². The van der Waals surface area contributed by atoms with Gasteiger partial charge < -0.3 is 4.42 Å². The molecular weight excluding hydrogens is 397 g/mol. The average Bonchev–Trinajstić information content (AvgIpc) is 3.29. The second kappa shape index (κ2) is 8.48. The number of hydrogen-bond donors (Lipinski definition) is 2. The van der Waals surface area contributed by atoms with Gasteiger partial charge in [-0.1, -0.05) is 11.8 Å². The SMILES string of the molecule is O=C(CSc1nnc(C2CC2)n1Cc1ccco1)NNC(=O)c1ccc(F)cc1. The smallest absolute Gasteiger partial charge is 0.269 e. The van der Waals surface area contributed by atoms with Crippen LogP contribution in [0.4, 0.5) is 4.39 Å². The molecule has 0 spiro atoms. The third-order valence-corrected chi connectivity index (χ3v) is 5.30. The van der Waals surface area contributed by atoms with E-state index in [1.807, 2.05) is 16.7 Å². The number of nitrogens with zero attached hydrogens (tertiary/aromatic N) is 3. The third-order valence-electron chi connectivity index (χ3n) is 4.34. The molecule has 4 rings (SSSR count). The van der Waals surface area contributed by atoms with Crippen LogP contribution in [0.25, 0.3) is 0 Å². The van der Waals surface area contributed by atoms with Crippen molar-refractivity contribution >= 4 is 23.6 Å². The summed E-state index contributed by atoms with van der Waals surface area (Å²) in [6.07, 6.45) is 3.77. The number of carbonyl (C=O) groups is 2. The lowest BCUT2D eigenvalue weighted by Gasteiger charge is -2.09. The van der Waals surface area contributed by atoms with Crippen molar-refractivity contribution in [3.8, 4) is 0 Å². The zero-order valence-corrected chi connectivity index (χ0v) is 16.1. The molecule has 2 amide bonds. The van der Waals surface area contributed by atoms with E-state index in [4.69, 9.17) is 4.42 Å². The van der Waals surface area contributed by atoms with Gasteiger partial charge in [0.1, 0.15) is 17.4 Å². The molecule has 3 aromatic rings. The highest BCUT2D eigenvalue weighted by Gasteiger charge is 2.30. The minimum atomic E-state index is -0.527. The molecule has 1 aliphatic carbocycles. The normalized spacial score (nSPS) is 13.3. The molecule has 8 nitrogen and oxygen atoms in total. The Hall–Kier alpha value is -3.14. The summed E-state index contributed by atoms with van der Waals surface area (Å²) in [4.78, 5) is 24.1. The number of thioether (sulfide) groups is 1. The molecule has 1 saturated carbocycles. The van der Waals surface area contributed by atoms with Gasteiger partial charge in [-0.15, -0.1) is 10.2 Å². The maximum absolute atomic E-state index is 12.9. The zero-order chi connectivity index (χ0) is 20.2. The first-order valence-electron chi connectivity index (χ1n) is 9.03. The van der Waals surface area contributed by atoms with Crippen LogP contribution in [0.2, 0.25) is 0 Å². The van der Waals surface area contributed by atoms with Crippen LogP contribution in [0, 0.1) is 5.82 Å². The fourth-order valence-electron chi connectivity index (χ4n) is 2.72. The minimum Gasteiger partial charge on any atom is -0.467 e. The molecule has 1 aromatic carbocycles. The van der Waals surface area contributed by atoms with E-state index in [9.17, 15) is 14.0 Å². The fraction of sp³-hybridized carbons (Fsp3) is 0.263. The molecular formula is C19H18FN5O3S. The lowest BCUT2D eigenvalue weighted by Crippen LogP contribution is -2.42. The van der Waals surface area contributed by atoms with E-state index in [-0.39, 0.29) is 11.3 Å². The van der Waals surface area contributed by atoms with Crippen molar-refractivity contribution in [2.24, 2.45) is 0 Å². The monoisotopic (exact) mass is 415 g/mol. The Morgan fingerprint density at radius 2 is 1.97 bits per heavy atom. The van der Waals surface area contributed by atoms with E-state index < -0.39 is 17.6 Å². The van der Waals surface area contributed by atoms with Crippen LogP contribution in [0.15, 0.2) is 52.2 Å². The molecule has 2 N–H and O–H groups in total. The summed E-state index contributed by atoms with van der Waals surface area (Å²) in [5.74, 6) is 0.761. The molecule has 2 aromatic heterocycles. The Morgan fingerprint density at radius 1 is 1.17 bits per heavy atom. The van der Waals surface area contributed by atoms with Crippen LogP contribution in [-0.2, 0) is 11.3 Å². The summed E-state index contributed by atoms with van der Waals surface area (Å²) in [7, 11) is 0. The van der Waals surface area contributed by atoms with Crippen LogP contribution >= 0.6 is 11.8 Å². The topological polar surface area (TPSA) is 102 Å². The molecule has 0 saturated heterocycles. The summed E-state index contributed by atoms with van der Waals surface area (Å²) >= 11 is 1.23. The van der Waals surface area contributed by atoms with Gasteiger partial charge in [0.15, 0.2) is 5.16 Å². The number of nitrogens with one attached hydrogen (secondary N) is 2. The second-order valence-electron chi connectivity index (χ2n) is 6.58. The number of hydrazine groups is 1. The van der Waals surface area contributed by atoms with Crippen LogP contribution < -0.4 is 10.9 Å². The molecule has 0 aliphatic heterocycles. The van der Waals surface area contributed by atoms with Crippen molar-refractivity contribution in [3.05, 3.63) is 65.6 Å². The van der Waals surface area contributed by atoms with Gasteiger partial charge in [-0.2, -0.15) is 0 Å². The number of benzene rings is 1. The van der Waals surface area contributed by atoms with Crippen molar-refractivity contribution < 1.29 is 18.4 Å². The zero-order valence-electron chi connectivity index (χ0n) is 15.3. The predicted molar refractivity (Wildman–Crippen MR) is 103 cm³/mol. The van der Waals surface area contributed by atoms with Gasteiger partial charge in [-0.05, 0) is 49.2 Å². The Bertz CT molecular complexity index is 1000. The number of carbonyl (C=O) groups excluding carboxylic acids is 2. The first-order valence-corrected chi connectivity index (χ1v) is 10.0. The second-order valence-corrected chi connectivity index (χ2v) is 7.52. The minimum absolute atomic E-state index is 0.0463. The molecule has 10 heteroatoms. The molecule has 0 radical (unpaired) electrons. The number of furan rings is 1. The molecule has 150 valence electrons. The largest absolute Gasteiger partial charge is 0.467 e. The number of amides is 2. The van der Waals surface area contributed by atoms with Gasteiger partial charge in [-0.3, -0.25) is 25.0 Å².